The van der Waals surface area contributed by atoms with Gasteiger partial charge in [-0.2, -0.15) is 17.0 Å². The molecule has 1 rings (SSSR count). The van der Waals surface area contributed by atoms with E-state index in [1.165, 1.54) is 11.2 Å². The van der Waals surface area contributed by atoms with E-state index in [1.54, 1.807) is 0 Å². The molecule has 0 radical (unpaired) electrons. The van der Waals surface area contributed by atoms with E-state index in [0.717, 1.165) is 17.8 Å². The molecule has 0 amide bonds. The summed E-state index contributed by atoms with van der Waals surface area (Å²) in [6.07, 6.45) is 0.723. The Balaban J connectivity index is 2.79. The fraction of sp³-hybridized carbons (Fsp3) is 0.900. The zero-order valence-electron chi connectivity index (χ0n) is 10.9. The second kappa shape index (κ2) is 5.52. The summed E-state index contributed by atoms with van der Waals surface area (Å²) in [5, 5.41) is 9.89. The Morgan fingerprint density at radius 3 is 2.44 bits per heavy atom. The molecule has 0 aromatic carbocycles. The first-order valence-electron chi connectivity index (χ1n) is 5.81. The van der Waals surface area contributed by atoms with Crippen molar-refractivity contribution in [3.05, 3.63) is 0 Å². The van der Waals surface area contributed by atoms with Gasteiger partial charge in [-0.25, -0.2) is 4.79 Å². The standard InChI is InChI=1S/C10H20N2O5S/c1-4-5-11-6-7-12(18(11,15)16)8-10(2,14)9(13)17-3/h14H,4-8H2,1-3H3. The Bertz CT molecular complexity index is 406. The van der Waals surface area contributed by atoms with Gasteiger partial charge in [0.15, 0.2) is 5.60 Å². The molecule has 0 saturated carbocycles. The van der Waals surface area contributed by atoms with Crippen molar-refractivity contribution in [1.82, 2.24) is 8.61 Å². The lowest BCUT2D eigenvalue weighted by molar-refractivity contribution is -0.161. The van der Waals surface area contributed by atoms with Gasteiger partial charge in [0.1, 0.15) is 0 Å². The summed E-state index contributed by atoms with van der Waals surface area (Å²) >= 11 is 0. The summed E-state index contributed by atoms with van der Waals surface area (Å²) in [6, 6.07) is 0. The molecule has 7 nitrogen and oxygen atoms in total. The van der Waals surface area contributed by atoms with E-state index in [4.69, 9.17) is 0 Å². The first kappa shape index (κ1) is 15.4. The molecule has 106 valence electrons. The first-order chi connectivity index (χ1) is 8.25. The summed E-state index contributed by atoms with van der Waals surface area (Å²) < 4.78 is 31.0. The lowest BCUT2D eigenvalue weighted by atomic mass is 10.1. The van der Waals surface area contributed by atoms with E-state index in [0.29, 0.717) is 13.1 Å². The highest BCUT2D eigenvalue weighted by atomic mass is 32.2. The Morgan fingerprint density at radius 2 is 1.94 bits per heavy atom. The highest BCUT2D eigenvalue weighted by Gasteiger charge is 2.42. The first-order valence-corrected chi connectivity index (χ1v) is 7.21. The molecule has 0 spiro atoms. The predicted molar refractivity (Wildman–Crippen MR) is 65.0 cm³/mol. The van der Waals surface area contributed by atoms with Gasteiger partial charge in [0.25, 0.3) is 10.2 Å². The third-order valence-electron chi connectivity index (χ3n) is 2.83. The minimum Gasteiger partial charge on any atom is -0.467 e. The maximum absolute atomic E-state index is 12.1. The quantitative estimate of drug-likeness (QED) is 0.665. The molecule has 18 heavy (non-hydrogen) atoms. The lowest BCUT2D eigenvalue weighted by Crippen LogP contribution is -2.48. The smallest absolute Gasteiger partial charge is 0.338 e. The van der Waals surface area contributed by atoms with Crippen molar-refractivity contribution < 1.29 is 23.1 Å². The molecule has 1 unspecified atom stereocenters. The fourth-order valence-electron chi connectivity index (χ4n) is 1.88. The predicted octanol–water partition coefficient (Wildman–Crippen LogP) is -0.817. The average molecular weight is 280 g/mol. The maximum Gasteiger partial charge on any atom is 0.338 e. The van der Waals surface area contributed by atoms with Gasteiger partial charge >= 0.3 is 5.97 Å². The maximum atomic E-state index is 12.1. The monoisotopic (exact) mass is 280 g/mol. The van der Waals surface area contributed by atoms with Crippen LogP contribution in [0.25, 0.3) is 0 Å². The third-order valence-corrected chi connectivity index (χ3v) is 4.82. The van der Waals surface area contributed by atoms with Crippen LogP contribution in [0.5, 0.6) is 0 Å². The number of hydrogen-bond donors (Lipinski definition) is 1. The summed E-state index contributed by atoms with van der Waals surface area (Å²) in [6.45, 7) is 3.95. The molecule has 0 aromatic heterocycles. The van der Waals surface area contributed by atoms with E-state index in [9.17, 15) is 18.3 Å². The number of carbonyl (C=O) groups is 1. The number of nitrogens with zero attached hydrogens (tertiary/aromatic N) is 2. The summed E-state index contributed by atoms with van der Waals surface area (Å²) in [5.74, 6) is -0.841. The molecule has 0 aromatic rings. The zero-order chi connectivity index (χ0) is 14.0. The van der Waals surface area contributed by atoms with E-state index >= 15 is 0 Å². The number of methoxy groups -OCH3 is 1. The number of esters is 1. The molecule has 0 aliphatic carbocycles. The Morgan fingerprint density at radius 1 is 1.39 bits per heavy atom. The summed E-state index contributed by atoms with van der Waals surface area (Å²) in [5.41, 5.74) is -1.83. The van der Waals surface area contributed by atoms with E-state index < -0.39 is 21.8 Å². The summed E-state index contributed by atoms with van der Waals surface area (Å²) in [4.78, 5) is 11.3. The van der Waals surface area contributed by atoms with Crippen LogP contribution in [-0.4, -0.2) is 67.0 Å². The van der Waals surface area contributed by atoms with Crippen molar-refractivity contribution in [2.45, 2.75) is 25.9 Å². The van der Waals surface area contributed by atoms with Gasteiger partial charge in [0.2, 0.25) is 0 Å². The number of rotatable bonds is 5. The third kappa shape index (κ3) is 3.00. The van der Waals surface area contributed by atoms with Crippen molar-refractivity contribution in [3.8, 4) is 0 Å². The van der Waals surface area contributed by atoms with Crippen LogP contribution in [0.4, 0.5) is 0 Å². The van der Waals surface area contributed by atoms with Crippen LogP contribution < -0.4 is 0 Å². The van der Waals surface area contributed by atoms with Crippen molar-refractivity contribution in [3.63, 3.8) is 0 Å². The fourth-order valence-corrected chi connectivity index (χ4v) is 3.66. The molecule has 0 bridgehead atoms. The van der Waals surface area contributed by atoms with Gasteiger partial charge in [-0.15, -0.1) is 0 Å². The van der Waals surface area contributed by atoms with Crippen LogP contribution in [0, 0.1) is 0 Å². The number of ether oxygens (including phenoxy) is 1. The molecule has 1 N–H and O–H groups in total. The van der Waals surface area contributed by atoms with Crippen LogP contribution in [-0.2, 0) is 19.7 Å². The molecule has 1 aliphatic rings. The van der Waals surface area contributed by atoms with Gasteiger partial charge in [-0.3, -0.25) is 0 Å². The van der Waals surface area contributed by atoms with Crippen LogP contribution in [0.3, 0.4) is 0 Å². The van der Waals surface area contributed by atoms with Gasteiger partial charge in [-0.05, 0) is 13.3 Å². The molecule has 1 aliphatic heterocycles. The minimum atomic E-state index is -3.57. The van der Waals surface area contributed by atoms with Crippen molar-refractivity contribution in [2.24, 2.45) is 0 Å². The van der Waals surface area contributed by atoms with E-state index in [1.807, 2.05) is 6.92 Å². The van der Waals surface area contributed by atoms with Gasteiger partial charge in [0.05, 0.1) is 13.7 Å². The number of β-amino-alcohol motifs (C(OH)–C–C–N with tert-alkyl or cyclic N) is 1. The van der Waals surface area contributed by atoms with Gasteiger partial charge in [0, 0.05) is 19.6 Å². The largest absolute Gasteiger partial charge is 0.467 e. The molecular formula is C10H20N2O5S. The normalized spacial score (nSPS) is 23.8. The number of aliphatic hydroxyl groups is 1. The number of carbonyl (C=O) groups excluding carboxylic acids is 1. The van der Waals surface area contributed by atoms with E-state index in [2.05, 4.69) is 4.74 Å². The zero-order valence-corrected chi connectivity index (χ0v) is 11.7. The van der Waals surface area contributed by atoms with Crippen LogP contribution in [0.15, 0.2) is 0 Å². The average Bonchev–Trinajstić information content (AvgIpc) is 2.55. The highest BCUT2D eigenvalue weighted by molar-refractivity contribution is 7.87. The Hall–Kier alpha value is -0.700. The van der Waals surface area contributed by atoms with Crippen molar-refractivity contribution in [1.29, 1.82) is 0 Å². The van der Waals surface area contributed by atoms with Crippen LogP contribution >= 0.6 is 0 Å². The lowest BCUT2D eigenvalue weighted by Gasteiger charge is -2.26. The van der Waals surface area contributed by atoms with Gasteiger partial charge in [-0.1, -0.05) is 6.92 Å². The second-order valence-electron chi connectivity index (χ2n) is 4.51. The topological polar surface area (TPSA) is 87.2 Å². The van der Waals surface area contributed by atoms with Crippen LogP contribution in [0.2, 0.25) is 0 Å². The Labute approximate surface area is 108 Å². The van der Waals surface area contributed by atoms with Crippen LogP contribution in [0.1, 0.15) is 20.3 Å². The molecule has 8 heteroatoms. The molecule has 1 saturated heterocycles. The SMILES string of the molecule is CCCN1CCN(CC(C)(O)C(=O)OC)S1(=O)=O. The van der Waals surface area contributed by atoms with E-state index in [-0.39, 0.29) is 13.1 Å². The number of hydrogen-bond acceptors (Lipinski definition) is 5. The molecule has 1 heterocycles. The minimum absolute atomic E-state index is 0.273. The second-order valence-corrected chi connectivity index (χ2v) is 6.43. The van der Waals surface area contributed by atoms with Gasteiger partial charge < -0.3 is 9.84 Å². The summed E-state index contributed by atoms with van der Waals surface area (Å²) in [7, 11) is -2.41. The molecule has 1 atom stereocenters. The molecular weight excluding hydrogens is 260 g/mol. The molecule has 1 fully saturated rings. The Kier molecular flexibility index (Phi) is 4.71. The van der Waals surface area contributed by atoms with Crippen molar-refractivity contribution in [2.75, 3.05) is 33.3 Å². The highest BCUT2D eigenvalue weighted by Crippen LogP contribution is 2.20. The van der Waals surface area contributed by atoms with Crippen molar-refractivity contribution >= 4 is 16.2 Å².